The van der Waals surface area contributed by atoms with Crippen LogP contribution in [0.25, 0.3) is 10.8 Å². The van der Waals surface area contributed by atoms with E-state index in [-0.39, 0.29) is 5.39 Å². The smallest absolute Gasteiger partial charge is 0.166 e. The van der Waals surface area contributed by atoms with Crippen molar-refractivity contribution in [2.45, 2.75) is 33.9 Å². The van der Waals surface area contributed by atoms with Gasteiger partial charge in [-0.05, 0) is 31.5 Å². The first-order chi connectivity index (χ1) is 8.39. The van der Waals surface area contributed by atoms with Crippen molar-refractivity contribution < 1.29 is 13.2 Å². The van der Waals surface area contributed by atoms with E-state index in [0.717, 1.165) is 12.3 Å². The van der Waals surface area contributed by atoms with Gasteiger partial charge < -0.3 is 0 Å². The van der Waals surface area contributed by atoms with E-state index < -0.39 is 11.7 Å². The second kappa shape index (κ2) is 5.33. The van der Waals surface area contributed by atoms with Gasteiger partial charge in [-0.15, -0.1) is 0 Å². The first kappa shape index (κ1) is 14.4. The van der Waals surface area contributed by atoms with Crippen molar-refractivity contribution in [2.75, 3.05) is 0 Å². The summed E-state index contributed by atoms with van der Waals surface area (Å²) in [5, 5.41) is 7.93. The van der Waals surface area contributed by atoms with Gasteiger partial charge in [-0.2, -0.15) is 23.4 Å². The molecule has 1 aromatic carbocycles. The highest BCUT2D eigenvalue weighted by molar-refractivity contribution is 5.87. The van der Waals surface area contributed by atoms with Crippen molar-refractivity contribution in [3.05, 3.63) is 35.2 Å². The van der Waals surface area contributed by atoms with E-state index >= 15 is 0 Å². The number of benzene rings is 1. The van der Waals surface area contributed by atoms with Crippen molar-refractivity contribution in [3.8, 4) is 0 Å². The van der Waals surface area contributed by atoms with Gasteiger partial charge in [-0.3, -0.25) is 0 Å². The predicted molar refractivity (Wildman–Crippen MR) is 65.4 cm³/mol. The maximum atomic E-state index is 12.8. The minimum Gasteiger partial charge on any atom is -0.166 e. The van der Waals surface area contributed by atoms with Gasteiger partial charge in [0.15, 0.2) is 0 Å². The lowest BCUT2D eigenvalue weighted by Crippen LogP contribution is -2.07. The Balaban J connectivity index is 0.000000771. The molecule has 0 aliphatic heterocycles. The fourth-order valence-corrected chi connectivity index (χ4v) is 1.70. The highest BCUT2D eigenvalue weighted by atomic mass is 19.4. The molecule has 0 amide bonds. The Labute approximate surface area is 104 Å². The highest BCUT2D eigenvalue weighted by Crippen LogP contribution is 2.35. The highest BCUT2D eigenvalue weighted by Gasteiger charge is 2.33. The first-order valence-corrected chi connectivity index (χ1v) is 5.69. The lowest BCUT2D eigenvalue weighted by Gasteiger charge is -2.11. The molecule has 0 atom stereocenters. The first-order valence-electron chi connectivity index (χ1n) is 5.69. The molecule has 1 heterocycles. The molecule has 0 unspecified atom stereocenters. The van der Waals surface area contributed by atoms with Crippen LogP contribution in [0.4, 0.5) is 13.2 Å². The molecule has 1 aromatic heterocycles. The Bertz CT molecular complexity index is 548. The van der Waals surface area contributed by atoms with Gasteiger partial charge in [-0.25, -0.2) is 0 Å². The molecule has 98 valence electrons. The molecule has 0 aliphatic carbocycles. The van der Waals surface area contributed by atoms with E-state index in [0.29, 0.717) is 16.6 Å². The number of alkyl halides is 3. The molecule has 2 aromatic rings. The van der Waals surface area contributed by atoms with Gasteiger partial charge in [-0.1, -0.05) is 13.8 Å². The number of nitrogens with zero attached hydrogens (tertiary/aromatic N) is 2. The zero-order chi connectivity index (χ0) is 13.9. The molecular weight excluding hydrogens is 241 g/mol. The van der Waals surface area contributed by atoms with E-state index in [1.54, 1.807) is 19.9 Å². The van der Waals surface area contributed by atoms with Crippen LogP contribution in [0, 0.1) is 13.8 Å². The number of aryl methyl sites for hydroxylation is 2. The molecule has 5 heteroatoms. The average Bonchev–Trinajstić information content (AvgIpc) is 2.31. The van der Waals surface area contributed by atoms with Gasteiger partial charge in [0.1, 0.15) is 0 Å². The van der Waals surface area contributed by atoms with E-state index in [1.165, 1.54) is 0 Å². The number of aromatic nitrogens is 2. The quantitative estimate of drug-likeness (QED) is 0.702. The SMILES string of the molecule is CC.Cc1cc(C(F)(F)F)c2cnnc(C)c2c1. The molecule has 0 N–H and O–H groups in total. The molecular formula is C13H15F3N2. The standard InChI is InChI=1S/C11H9F3N2.C2H6/c1-6-3-8-7(2)16-15-5-9(8)10(4-6)11(12,13)14;1-2/h3-5H,1-2H3;1-2H3. The summed E-state index contributed by atoms with van der Waals surface area (Å²) in [4.78, 5) is 0. The lowest BCUT2D eigenvalue weighted by atomic mass is 10.0. The Morgan fingerprint density at radius 3 is 2.17 bits per heavy atom. The van der Waals surface area contributed by atoms with Crippen LogP contribution in [-0.2, 0) is 6.18 Å². The van der Waals surface area contributed by atoms with Crippen molar-refractivity contribution in [3.63, 3.8) is 0 Å². The normalized spacial score (nSPS) is 11.1. The number of halogens is 3. The largest absolute Gasteiger partial charge is 0.417 e. The van der Waals surface area contributed by atoms with Gasteiger partial charge in [0.05, 0.1) is 17.5 Å². The summed E-state index contributed by atoms with van der Waals surface area (Å²) in [6, 6.07) is 2.82. The molecule has 0 spiro atoms. The Morgan fingerprint density at radius 1 is 1.00 bits per heavy atom. The molecule has 0 saturated heterocycles. The summed E-state index contributed by atoms with van der Waals surface area (Å²) in [7, 11) is 0. The number of fused-ring (bicyclic) bond motifs is 1. The fourth-order valence-electron chi connectivity index (χ4n) is 1.70. The van der Waals surface area contributed by atoms with Gasteiger partial charge in [0.2, 0.25) is 0 Å². The van der Waals surface area contributed by atoms with E-state index in [4.69, 9.17) is 0 Å². The average molecular weight is 256 g/mol. The zero-order valence-corrected chi connectivity index (χ0v) is 10.8. The van der Waals surface area contributed by atoms with Crippen molar-refractivity contribution >= 4 is 10.8 Å². The number of hydrogen-bond donors (Lipinski definition) is 0. The molecule has 0 radical (unpaired) electrons. The van der Waals surface area contributed by atoms with Crippen LogP contribution in [0.15, 0.2) is 18.3 Å². The van der Waals surface area contributed by atoms with Gasteiger partial charge in [0, 0.05) is 10.8 Å². The van der Waals surface area contributed by atoms with Crippen LogP contribution in [0.2, 0.25) is 0 Å². The Hall–Kier alpha value is -1.65. The molecule has 2 nitrogen and oxygen atoms in total. The van der Waals surface area contributed by atoms with Crippen molar-refractivity contribution in [1.82, 2.24) is 10.2 Å². The molecule has 18 heavy (non-hydrogen) atoms. The van der Waals surface area contributed by atoms with Crippen LogP contribution in [-0.4, -0.2) is 10.2 Å². The summed E-state index contributed by atoms with van der Waals surface area (Å²) in [6.45, 7) is 7.28. The molecule has 0 fully saturated rings. The van der Waals surface area contributed by atoms with Gasteiger partial charge in [0.25, 0.3) is 0 Å². The maximum Gasteiger partial charge on any atom is 0.417 e. The van der Waals surface area contributed by atoms with E-state index in [9.17, 15) is 13.2 Å². The van der Waals surface area contributed by atoms with Crippen LogP contribution < -0.4 is 0 Å². The van der Waals surface area contributed by atoms with Crippen LogP contribution >= 0.6 is 0 Å². The topological polar surface area (TPSA) is 25.8 Å². The molecule has 0 aliphatic rings. The Morgan fingerprint density at radius 2 is 1.61 bits per heavy atom. The third-order valence-electron chi connectivity index (χ3n) is 2.41. The summed E-state index contributed by atoms with van der Waals surface area (Å²) in [6.07, 6.45) is -3.20. The second-order valence-electron chi connectivity index (χ2n) is 3.70. The van der Waals surface area contributed by atoms with Crippen LogP contribution in [0.1, 0.15) is 30.7 Å². The van der Waals surface area contributed by atoms with Crippen LogP contribution in [0.5, 0.6) is 0 Å². The summed E-state index contributed by atoms with van der Waals surface area (Å²) in [5.74, 6) is 0. The third-order valence-corrected chi connectivity index (χ3v) is 2.41. The number of rotatable bonds is 0. The third kappa shape index (κ3) is 2.78. The lowest BCUT2D eigenvalue weighted by molar-refractivity contribution is -0.136. The second-order valence-corrected chi connectivity index (χ2v) is 3.70. The number of hydrogen-bond acceptors (Lipinski definition) is 2. The monoisotopic (exact) mass is 256 g/mol. The van der Waals surface area contributed by atoms with E-state index in [2.05, 4.69) is 10.2 Å². The summed E-state index contributed by atoms with van der Waals surface area (Å²) < 4.78 is 38.3. The summed E-state index contributed by atoms with van der Waals surface area (Å²) in [5.41, 5.74) is 0.420. The fraction of sp³-hybridized carbons (Fsp3) is 0.385. The zero-order valence-electron chi connectivity index (χ0n) is 10.8. The van der Waals surface area contributed by atoms with Gasteiger partial charge >= 0.3 is 6.18 Å². The van der Waals surface area contributed by atoms with E-state index in [1.807, 2.05) is 13.8 Å². The minimum absolute atomic E-state index is 0.102. The molecule has 0 saturated carbocycles. The predicted octanol–water partition coefficient (Wildman–Crippen LogP) is 4.29. The van der Waals surface area contributed by atoms with Crippen molar-refractivity contribution in [2.24, 2.45) is 0 Å². The van der Waals surface area contributed by atoms with Crippen molar-refractivity contribution in [1.29, 1.82) is 0 Å². The Kier molecular flexibility index (Phi) is 4.27. The minimum atomic E-state index is -4.36. The molecule has 2 rings (SSSR count). The summed E-state index contributed by atoms with van der Waals surface area (Å²) >= 11 is 0. The molecule has 0 bridgehead atoms. The van der Waals surface area contributed by atoms with Crippen LogP contribution in [0.3, 0.4) is 0 Å². The maximum absolute atomic E-state index is 12.8.